The second-order valence-electron chi connectivity index (χ2n) is 6.46. The summed E-state index contributed by atoms with van der Waals surface area (Å²) in [4.78, 5) is 14.9. The van der Waals surface area contributed by atoms with E-state index in [1.54, 1.807) is 31.4 Å². The molecule has 2 aromatic rings. The van der Waals surface area contributed by atoms with Crippen LogP contribution in [0, 0.1) is 0 Å². The van der Waals surface area contributed by atoms with Gasteiger partial charge in [0.05, 0.1) is 18.9 Å². The Morgan fingerprint density at radius 1 is 1.22 bits per heavy atom. The number of piperazine rings is 1. The average Bonchev–Trinajstić information content (AvgIpc) is 2.67. The Balaban J connectivity index is 1.85. The van der Waals surface area contributed by atoms with Crippen molar-refractivity contribution in [1.29, 1.82) is 0 Å². The van der Waals surface area contributed by atoms with Gasteiger partial charge in [-0.25, -0.2) is 13.6 Å². The van der Waals surface area contributed by atoms with Gasteiger partial charge in [0.1, 0.15) is 5.75 Å². The van der Waals surface area contributed by atoms with Gasteiger partial charge in [0.2, 0.25) is 10.0 Å². The Labute approximate surface area is 159 Å². The van der Waals surface area contributed by atoms with Crippen LogP contribution in [-0.2, 0) is 15.8 Å². The first-order chi connectivity index (χ1) is 12.9. The van der Waals surface area contributed by atoms with Gasteiger partial charge in [0.25, 0.3) is 5.91 Å². The third-order valence-electron chi connectivity index (χ3n) is 4.57. The number of nitrogens with zero attached hydrogens (tertiary/aromatic N) is 1. The van der Waals surface area contributed by atoms with Crippen LogP contribution < -0.4 is 15.2 Å². The summed E-state index contributed by atoms with van der Waals surface area (Å²) >= 11 is 0. The summed E-state index contributed by atoms with van der Waals surface area (Å²) in [6.45, 7) is 1.91. The molecule has 0 bridgehead atoms. The van der Waals surface area contributed by atoms with Crippen LogP contribution in [0.4, 0.5) is 0 Å². The van der Waals surface area contributed by atoms with Crippen LogP contribution in [0.15, 0.2) is 48.5 Å². The number of primary sulfonamides is 1. The molecule has 0 spiro atoms. The molecule has 144 valence electrons. The highest BCUT2D eigenvalue weighted by Gasteiger charge is 2.30. The van der Waals surface area contributed by atoms with Gasteiger partial charge in [-0.3, -0.25) is 4.79 Å². The number of amides is 1. The summed E-state index contributed by atoms with van der Waals surface area (Å²) in [5.41, 5.74) is 2.01. The monoisotopic (exact) mass is 389 g/mol. The van der Waals surface area contributed by atoms with Crippen molar-refractivity contribution in [2.24, 2.45) is 5.14 Å². The van der Waals surface area contributed by atoms with Crippen LogP contribution in [0.2, 0.25) is 0 Å². The Morgan fingerprint density at radius 3 is 2.59 bits per heavy atom. The third-order valence-corrected chi connectivity index (χ3v) is 5.31. The Morgan fingerprint density at radius 2 is 1.93 bits per heavy atom. The zero-order valence-corrected chi connectivity index (χ0v) is 15.9. The molecule has 3 rings (SSSR count). The van der Waals surface area contributed by atoms with Crippen molar-refractivity contribution in [1.82, 2.24) is 10.2 Å². The van der Waals surface area contributed by atoms with Crippen molar-refractivity contribution in [2.45, 2.75) is 11.8 Å². The Bertz CT molecular complexity index is 913. The van der Waals surface area contributed by atoms with E-state index in [0.717, 1.165) is 11.3 Å². The molecular formula is C19H23N3O4S. The molecule has 1 saturated heterocycles. The smallest absolute Gasteiger partial charge is 0.254 e. The molecule has 1 aliphatic heterocycles. The van der Waals surface area contributed by atoms with E-state index in [2.05, 4.69) is 5.32 Å². The van der Waals surface area contributed by atoms with Gasteiger partial charge in [-0.2, -0.15) is 0 Å². The van der Waals surface area contributed by atoms with Crippen molar-refractivity contribution in [3.05, 3.63) is 65.2 Å². The first kappa shape index (κ1) is 19.3. The summed E-state index contributed by atoms with van der Waals surface area (Å²) in [6, 6.07) is 14.1. The van der Waals surface area contributed by atoms with E-state index in [1.807, 2.05) is 29.2 Å². The molecule has 1 aliphatic rings. The number of methoxy groups -OCH3 is 1. The van der Waals surface area contributed by atoms with Crippen LogP contribution in [0.5, 0.6) is 5.75 Å². The van der Waals surface area contributed by atoms with Gasteiger partial charge in [-0.15, -0.1) is 0 Å². The number of nitrogens with one attached hydrogen (secondary N) is 1. The highest BCUT2D eigenvalue weighted by molar-refractivity contribution is 7.88. The molecule has 2 aromatic carbocycles. The van der Waals surface area contributed by atoms with Crippen LogP contribution in [-0.4, -0.2) is 46.0 Å². The van der Waals surface area contributed by atoms with Crippen LogP contribution >= 0.6 is 0 Å². The van der Waals surface area contributed by atoms with Crippen LogP contribution in [0.3, 0.4) is 0 Å². The minimum atomic E-state index is -3.60. The fraction of sp³-hybridized carbons (Fsp3) is 0.316. The topological polar surface area (TPSA) is 102 Å². The van der Waals surface area contributed by atoms with E-state index in [4.69, 9.17) is 9.88 Å². The highest BCUT2D eigenvalue weighted by Crippen LogP contribution is 2.31. The number of benzene rings is 2. The molecular weight excluding hydrogens is 366 g/mol. The van der Waals surface area contributed by atoms with Crippen LogP contribution in [0.25, 0.3) is 0 Å². The van der Waals surface area contributed by atoms with E-state index >= 15 is 0 Å². The SMILES string of the molecule is COc1ccccc1C1CNCCN1C(=O)c1ccc(CS(N)(=O)=O)cc1. The number of carbonyl (C=O) groups excluding carboxylic acids is 1. The predicted octanol–water partition coefficient (Wildman–Crippen LogP) is 1.27. The predicted molar refractivity (Wildman–Crippen MR) is 103 cm³/mol. The first-order valence-electron chi connectivity index (χ1n) is 8.63. The molecule has 0 radical (unpaired) electrons. The zero-order valence-electron chi connectivity index (χ0n) is 15.1. The molecule has 1 fully saturated rings. The summed E-state index contributed by atoms with van der Waals surface area (Å²) in [7, 11) is -1.98. The van der Waals surface area contributed by atoms with Gasteiger partial charge in [0, 0.05) is 30.8 Å². The average molecular weight is 389 g/mol. The molecule has 27 heavy (non-hydrogen) atoms. The molecule has 1 atom stereocenters. The zero-order chi connectivity index (χ0) is 19.4. The number of hydrogen-bond donors (Lipinski definition) is 2. The molecule has 8 heteroatoms. The summed E-state index contributed by atoms with van der Waals surface area (Å²) in [6.07, 6.45) is 0. The maximum Gasteiger partial charge on any atom is 0.254 e. The minimum Gasteiger partial charge on any atom is -0.496 e. The Hall–Kier alpha value is -2.42. The molecule has 0 aliphatic carbocycles. The molecule has 1 amide bonds. The maximum atomic E-state index is 13.1. The van der Waals surface area contributed by atoms with Crippen molar-refractivity contribution < 1.29 is 17.9 Å². The van der Waals surface area contributed by atoms with Crippen molar-refractivity contribution in [3.8, 4) is 5.75 Å². The molecule has 0 saturated carbocycles. The van der Waals surface area contributed by atoms with Crippen molar-refractivity contribution in [2.75, 3.05) is 26.7 Å². The molecule has 1 heterocycles. The van der Waals surface area contributed by atoms with E-state index in [1.165, 1.54) is 0 Å². The van der Waals surface area contributed by atoms with Gasteiger partial charge < -0.3 is 15.0 Å². The van der Waals surface area contributed by atoms with Crippen molar-refractivity contribution >= 4 is 15.9 Å². The summed E-state index contributed by atoms with van der Waals surface area (Å²) < 4.78 is 27.9. The summed E-state index contributed by atoms with van der Waals surface area (Å²) in [5, 5.41) is 8.40. The number of sulfonamides is 1. The molecule has 3 N–H and O–H groups in total. The maximum absolute atomic E-state index is 13.1. The van der Waals surface area contributed by atoms with Gasteiger partial charge in [0.15, 0.2) is 0 Å². The first-order valence-corrected chi connectivity index (χ1v) is 10.3. The molecule has 0 aromatic heterocycles. The number of nitrogens with two attached hydrogens (primary N) is 1. The van der Waals surface area contributed by atoms with Gasteiger partial charge >= 0.3 is 0 Å². The highest BCUT2D eigenvalue weighted by atomic mass is 32.2. The largest absolute Gasteiger partial charge is 0.496 e. The standard InChI is InChI=1S/C19H23N3O4S/c1-26-18-5-3-2-4-16(18)17-12-21-10-11-22(17)19(23)15-8-6-14(7-9-15)13-27(20,24)25/h2-9,17,21H,10-13H2,1H3,(H2,20,24,25). The molecule has 1 unspecified atom stereocenters. The fourth-order valence-corrected chi connectivity index (χ4v) is 3.97. The van der Waals surface area contributed by atoms with E-state index in [9.17, 15) is 13.2 Å². The second kappa shape index (κ2) is 8.08. The number of rotatable bonds is 5. The van der Waals surface area contributed by atoms with E-state index in [-0.39, 0.29) is 17.7 Å². The number of para-hydroxylation sites is 1. The fourth-order valence-electron chi connectivity index (χ4n) is 3.31. The number of ether oxygens (including phenoxy) is 1. The lowest BCUT2D eigenvalue weighted by Gasteiger charge is -2.37. The lowest BCUT2D eigenvalue weighted by molar-refractivity contribution is 0.0631. The number of hydrogen-bond acceptors (Lipinski definition) is 5. The normalized spacial score (nSPS) is 17.6. The van der Waals surface area contributed by atoms with Crippen LogP contribution in [0.1, 0.15) is 27.5 Å². The quantitative estimate of drug-likeness (QED) is 0.802. The lowest BCUT2D eigenvalue weighted by Crippen LogP contribution is -2.48. The van der Waals surface area contributed by atoms with E-state index < -0.39 is 10.0 Å². The van der Waals surface area contributed by atoms with E-state index in [0.29, 0.717) is 30.8 Å². The summed E-state index contributed by atoms with van der Waals surface area (Å²) in [5.74, 6) is 0.390. The Kier molecular flexibility index (Phi) is 5.79. The number of carbonyl (C=O) groups is 1. The third kappa shape index (κ3) is 4.65. The van der Waals surface area contributed by atoms with Gasteiger partial charge in [-0.1, -0.05) is 30.3 Å². The van der Waals surface area contributed by atoms with Crippen molar-refractivity contribution in [3.63, 3.8) is 0 Å². The van der Waals surface area contributed by atoms with Gasteiger partial charge in [-0.05, 0) is 23.8 Å². The molecule has 7 nitrogen and oxygen atoms in total. The second-order valence-corrected chi connectivity index (χ2v) is 8.08. The lowest BCUT2D eigenvalue weighted by atomic mass is 10.0. The minimum absolute atomic E-state index is 0.102.